The Labute approximate surface area is 185 Å². The quantitative estimate of drug-likeness (QED) is 0.628. The van der Waals surface area contributed by atoms with Crippen molar-refractivity contribution >= 4 is 34.4 Å². The minimum Gasteiger partial charge on any atom is -0.395 e. The minimum atomic E-state index is -0.860. The van der Waals surface area contributed by atoms with Crippen molar-refractivity contribution in [2.45, 2.75) is 19.3 Å². The lowest BCUT2D eigenvalue weighted by Crippen LogP contribution is -2.37. The molecule has 0 bridgehead atoms. The maximum atomic E-state index is 13.9. The van der Waals surface area contributed by atoms with Crippen LogP contribution in [0.4, 0.5) is 21.6 Å². The second kappa shape index (κ2) is 7.63. The van der Waals surface area contributed by atoms with Gasteiger partial charge in [-0.1, -0.05) is 0 Å². The zero-order valence-electron chi connectivity index (χ0n) is 18.5. The van der Waals surface area contributed by atoms with E-state index in [1.807, 2.05) is 6.07 Å². The Balaban J connectivity index is 1.49. The first-order chi connectivity index (χ1) is 15.9. The van der Waals surface area contributed by atoms with Gasteiger partial charge in [-0.15, -0.1) is 11.3 Å². The largest absolute Gasteiger partial charge is 0.395 e. The SMILES string of the molecule is [3H]c1cc(-c2nc3c(s2)C(=O)N(c2c([3H])cc(F)c(N)c2C#N)CC3)cnc1N1CCCC1. The fraction of sp³-hybridized carbons (Fsp3) is 0.273. The van der Waals surface area contributed by atoms with E-state index < -0.39 is 11.7 Å². The van der Waals surface area contributed by atoms with Gasteiger partial charge in [0, 0.05) is 37.8 Å². The normalized spacial score (nSPS) is 16.7. The molecule has 2 aliphatic heterocycles. The number of halogens is 1. The predicted molar refractivity (Wildman–Crippen MR) is 118 cm³/mol. The van der Waals surface area contributed by atoms with Gasteiger partial charge in [0.25, 0.3) is 5.91 Å². The van der Waals surface area contributed by atoms with E-state index >= 15 is 0 Å². The summed E-state index contributed by atoms with van der Waals surface area (Å²) in [7, 11) is 0. The predicted octanol–water partition coefficient (Wildman–Crippen LogP) is 3.60. The second-order valence-electron chi connectivity index (χ2n) is 7.41. The summed E-state index contributed by atoms with van der Waals surface area (Å²) < 4.78 is 30.4. The van der Waals surface area contributed by atoms with Crippen LogP contribution < -0.4 is 15.5 Å². The van der Waals surface area contributed by atoms with E-state index in [1.54, 1.807) is 12.3 Å². The molecule has 1 amide bonds. The lowest BCUT2D eigenvalue weighted by molar-refractivity contribution is 0.0984. The van der Waals surface area contributed by atoms with E-state index in [1.165, 1.54) is 16.2 Å². The van der Waals surface area contributed by atoms with Gasteiger partial charge in [0.1, 0.15) is 33.2 Å². The molecule has 0 aliphatic carbocycles. The lowest BCUT2D eigenvalue weighted by atomic mass is 10.1. The van der Waals surface area contributed by atoms with Gasteiger partial charge < -0.3 is 15.5 Å². The van der Waals surface area contributed by atoms with Crippen molar-refractivity contribution in [3.8, 4) is 16.6 Å². The average Bonchev–Trinajstić information content (AvgIpc) is 3.47. The molecular formula is C22H19FN6OS. The molecule has 0 radical (unpaired) electrons. The maximum Gasteiger partial charge on any atom is 0.270 e. The van der Waals surface area contributed by atoms with E-state index in [4.69, 9.17) is 8.48 Å². The van der Waals surface area contributed by atoms with Crippen molar-refractivity contribution in [3.05, 3.63) is 52.4 Å². The highest BCUT2D eigenvalue weighted by Gasteiger charge is 2.31. The highest BCUT2D eigenvalue weighted by molar-refractivity contribution is 7.17. The number of carbonyl (C=O) groups excluding carboxylic acids is 1. The van der Waals surface area contributed by atoms with E-state index in [0.29, 0.717) is 39.4 Å². The molecule has 0 unspecified atom stereocenters. The van der Waals surface area contributed by atoms with Gasteiger partial charge in [-0.2, -0.15) is 5.26 Å². The molecule has 0 saturated carbocycles. The fourth-order valence-corrected chi connectivity index (χ4v) is 4.93. The zero-order chi connectivity index (χ0) is 23.3. The van der Waals surface area contributed by atoms with Gasteiger partial charge in [0.2, 0.25) is 0 Å². The van der Waals surface area contributed by atoms with Crippen molar-refractivity contribution in [1.29, 1.82) is 5.26 Å². The Morgan fingerprint density at radius 2 is 2.06 bits per heavy atom. The van der Waals surface area contributed by atoms with Crippen LogP contribution >= 0.6 is 11.3 Å². The number of hydrogen-bond donors (Lipinski definition) is 1. The van der Waals surface area contributed by atoms with Gasteiger partial charge in [0.05, 0.1) is 19.8 Å². The highest BCUT2D eigenvalue weighted by atomic mass is 32.1. The first-order valence-corrected chi connectivity index (χ1v) is 10.7. The van der Waals surface area contributed by atoms with Crippen LogP contribution in [0.5, 0.6) is 0 Å². The Kier molecular flexibility index (Phi) is 4.23. The van der Waals surface area contributed by atoms with Crippen LogP contribution in [0, 0.1) is 17.1 Å². The lowest BCUT2D eigenvalue weighted by Gasteiger charge is -2.27. The van der Waals surface area contributed by atoms with Crippen LogP contribution in [-0.4, -0.2) is 35.5 Å². The second-order valence-corrected chi connectivity index (χ2v) is 8.41. The number of benzene rings is 1. The number of amides is 1. The Hall–Kier alpha value is -3.51. The first kappa shape index (κ1) is 17.2. The number of hydrogen-bond acceptors (Lipinski definition) is 7. The standard InChI is InChI=1S/C22H19FN6OS/c23-15-4-5-17(14(11-24)19(15)25)29-10-7-16-20(22(29)30)31-21(27-16)13-3-6-18(26-12-13)28-8-1-2-9-28/h3-6,12H,1-2,7-10,25H2/i5T,6T. The molecule has 7 nitrogen and oxygen atoms in total. The molecule has 2 N–H and O–H groups in total. The third-order valence-corrected chi connectivity index (χ3v) is 6.66. The highest BCUT2D eigenvalue weighted by Crippen LogP contribution is 2.36. The summed E-state index contributed by atoms with van der Waals surface area (Å²) in [6.07, 6.45) is 4.27. The molecule has 2 aliphatic rings. The number of anilines is 3. The van der Waals surface area contributed by atoms with Crippen molar-refractivity contribution in [2.24, 2.45) is 0 Å². The van der Waals surface area contributed by atoms with Crippen molar-refractivity contribution in [1.82, 2.24) is 9.97 Å². The number of aromatic nitrogens is 2. The average molecular weight is 439 g/mol. The molecule has 1 aromatic carbocycles. The number of carbonyl (C=O) groups is 1. The third kappa shape index (κ3) is 3.29. The molecule has 5 rings (SSSR count). The number of pyridine rings is 1. The van der Waals surface area contributed by atoms with Crippen molar-refractivity contribution in [3.63, 3.8) is 0 Å². The van der Waals surface area contributed by atoms with Gasteiger partial charge >= 0.3 is 0 Å². The van der Waals surface area contributed by atoms with Crippen molar-refractivity contribution in [2.75, 3.05) is 35.2 Å². The van der Waals surface area contributed by atoms with Crippen LogP contribution in [0.15, 0.2) is 30.4 Å². The smallest absolute Gasteiger partial charge is 0.270 e. The van der Waals surface area contributed by atoms with E-state index in [2.05, 4.69) is 14.9 Å². The van der Waals surface area contributed by atoms with Gasteiger partial charge in [0.15, 0.2) is 0 Å². The molecular weight excluding hydrogens is 415 g/mol. The molecule has 4 heterocycles. The molecule has 9 heteroatoms. The molecule has 0 spiro atoms. The molecule has 31 heavy (non-hydrogen) atoms. The molecule has 156 valence electrons. The molecule has 1 saturated heterocycles. The summed E-state index contributed by atoms with van der Waals surface area (Å²) in [5, 5.41) is 10.1. The summed E-state index contributed by atoms with van der Waals surface area (Å²) in [5.74, 6) is -0.619. The number of fused-ring (bicyclic) bond motifs is 1. The number of thiazole rings is 1. The van der Waals surface area contributed by atoms with Gasteiger partial charge in [-0.3, -0.25) is 4.79 Å². The Bertz CT molecular complexity index is 1330. The molecule has 0 atom stereocenters. The number of nitrogen functional groups attached to an aromatic ring is 1. The van der Waals surface area contributed by atoms with Crippen LogP contribution in [-0.2, 0) is 6.42 Å². The van der Waals surface area contributed by atoms with Crippen LogP contribution in [0.2, 0.25) is 0 Å². The van der Waals surface area contributed by atoms with Crippen molar-refractivity contribution < 1.29 is 11.9 Å². The third-order valence-electron chi connectivity index (χ3n) is 5.52. The van der Waals surface area contributed by atoms with E-state index in [-0.39, 0.29) is 29.5 Å². The monoisotopic (exact) mass is 438 g/mol. The van der Waals surface area contributed by atoms with Crippen LogP contribution in [0.25, 0.3) is 10.6 Å². The van der Waals surface area contributed by atoms with E-state index in [9.17, 15) is 14.4 Å². The molecule has 1 fully saturated rings. The summed E-state index contributed by atoms with van der Waals surface area (Å²) in [6, 6.07) is 4.49. The summed E-state index contributed by atoms with van der Waals surface area (Å²) in [6.45, 7) is 1.98. The first-order valence-electron chi connectivity index (χ1n) is 10.9. The van der Waals surface area contributed by atoms with Crippen LogP contribution in [0.1, 0.15) is 36.5 Å². The zero-order valence-corrected chi connectivity index (χ0v) is 17.3. The Morgan fingerprint density at radius 1 is 1.26 bits per heavy atom. The van der Waals surface area contributed by atoms with Crippen LogP contribution in [0.3, 0.4) is 0 Å². The summed E-state index contributed by atoms with van der Waals surface area (Å²) in [5.41, 5.74) is 6.39. The number of nitrogens with zero attached hydrogens (tertiary/aromatic N) is 5. The Morgan fingerprint density at radius 3 is 2.81 bits per heavy atom. The molecule has 2 aromatic heterocycles. The van der Waals surface area contributed by atoms with Gasteiger partial charge in [-0.25, -0.2) is 14.4 Å². The molecule has 3 aromatic rings. The fourth-order valence-electron chi connectivity index (χ4n) is 3.89. The summed E-state index contributed by atoms with van der Waals surface area (Å²) in [4.78, 5) is 26.1. The number of nitriles is 1. The number of nitrogens with two attached hydrogens (primary N) is 1. The summed E-state index contributed by atoms with van der Waals surface area (Å²) >= 11 is 1.18. The maximum absolute atomic E-state index is 13.9. The van der Waals surface area contributed by atoms with E-state index in [0.717, 1.165) is 32.0 Å². The minimum absolute atomic E-state index is 0.00655. The topological polar surface area (TPSA) is 99.1 Å². The number of rotatable bonds is 3. The van der Waals surface area contributed by atoms with Gasteiger partial charge in [-0.05, 0) is 37.1 Å².